The van der Waals surface area contributed by atoms with Crippen molar-refractivity contribution < 1.29 is 18.8 Å². The SMILES string of the molecule is CC.CC(=O)c1ccc(NC(=O)[C@@H]2NC3(CCCCC3)C(c3ccc(Cl)cc3NC=O)[C@H]2c2cccc(Cl)c2F)cc1. The van der Waals surface area contributed by atoms with Crippen molar-refractivity contribution in [1.29, 1.82) is 0 Å². The highest BCUT2D eigenvalue weighted by Crippen LogP contribution is 2.56. The van der Waals surface area contributed by atoms with Gasteiger partial charge in [-0.3, -0.25) is 19.7 Å². The van der Waals surface area contributed by atoms with E-state index in [4.69, 9.17) is 23.2 Å². The van der Waals surface area contributed by atoms with Crippen LogP contribution < -0.4 is 16.0 Å². The minimum Gasteiger partial charge on any atom is -0.328 e. The van der Waals surface area contributed by atoms with Crippen molar-refractivity contribution >= 4 is 52.7 Å². The monoisotopic (exact) mass is 611 g/mol. The molecule has 5 rings (SSSR count). The Balaban J connectivity index is 0.00000198. The molecule has 2 aliphatic rings. The zero-order valence-corrected chi connectivity index (χ0v) is 25.5. The molecule has 3 aromatic carbocycles. The Morgan fingerprint density at radius 2 is 1.67 bits per heavy atom. The first-order chi connectivity index (χ1) is 20.2. The zero-order chi connectivity index (χ0) is 30.4. The van der Waals surface area contributed by atoms with Crippen molar-refractivity contribution in [3.8, 4) is 0 Å². The number of benzene rings is 3. The molecular formula is C33H36Cl2FN3O3. The molecule has 3 aromatic rings. The lowest BCUT2D eigenvalue weighted by atomic mass is 9.66. The fourth-order valence-electron chi connectivity index (χ4n) is 6.52. The predicted molar refractivity (Wildman–Crippen MR) is 167 cm³/mol. The van der Waals surface area contributed by atoms with E-state index in [-0.39, 0.29) is 22.6 Å². The van der Waals surface area contributed by atoms with Gasteiger partial charge in [0.15, 0.2) is 5.78 Å². The lowest BCUT2D eigenvalue weighted by Crippen LogP contribution is -2.50. The largest absolute Gasteiger partial charge is 0.328 e. The summed E-state index contributed by atoms with van der Waals surface area (Å²) in [7, 11) is 0. The summed E-state index contributed by atoms with van der Waals surface area (Å²) in [5, 5.41) is 9.82. The lowest BCUT2D eigenvalue weighted by Gasteiger charge is -2.41. The summed E-state index contributed by atoms with van der Waals surface area (Å²) in [4.78, 5) is 37.3. The van der Waals surface area contributed by atoms with Crippen LogP contribution in [0.1, 0.15) is 86.2 Å². The summed E-state index contributed by atoms with van der Waals surface area (Å²) < 4.78 is 15.8. The first kappa shape index (κ1) is 31.7. The van der Waals surface area contributed by atoms with Gasteiger partial charge in [0.05, 0.1) is 11.1 Å². The standard InChI is InChI=1S/C31H30Cl2FN3O3.C2H6/c1-18(39)19-8-11-21(12-9-19)36-30(40)29-26(23-6-5-7-24(33)28(23)34)27(31(37-29)14-3-2-4-15-31)22-13-10-20(32)16-25(22)35-17-38;1-2/h5-13,16-17,26-27,29,37H,2-4,14-15H2,1H3,(H,35,38)(H,36,40);1-2H3/t26-,27?,29-;/m1./s1. The van der Waals surface area contributed by atoms with Gasteiger partial charge in [-0.15, -0.1) is 0 Å². The molecule has 0 aromatic heterocycles. The number of hydrogen-bond donors (Lipinski definition) is 3. The molecule has 1 unspecified atom stereocenters. The first-order valence-electron chi connectivity index (χ1n) is 14.4. The fourth-order valence-corrected chi connectivity index (χ4v) is 6.87. The second-order valence-corrected chi connectivity index (χ2v) is 11.4. The minimum atomic E-state index is -0.816. The lowest BCUT2D eigenvalue weighted by molar-refractivity contribution is -0.118. The minimum absolute atomic E-state index is 0.0258. The molecule has 6 nitrogen and oxygen atoms in total. The van der Waals surface area contributed by atoms with E-state index < -0.39 is 23.3 Å². The number of hydrogen-bond acceptors (Lipinski definition) is 4. The highest BCUT2D eigenvalue weighted by molar-refractivity contribution is 6.31. The summed E-state index contributed by atoms with van der Waals surface area (Å²) in [5.74, 6) is -2.00. The van der Waals surface area contributed by atoms with Crippen molar-refractivity contribution in [3.05, 3.63) is 93.2 Å². The van der Waals surface area contributed by atoms with Crippen LogP contribution in [0, 0.1) is 5.82 Å². The molecule has 1 spiro atoms. The Labute approximate surface area is 256 Å². The van der Waals surface area contributed by atoms with E-state index in [2.05, 4.69) is 16.0 Å². The molecule has 1 saturated carbocycles. The average Bonchev–Trinajstić information content (AvgIpc) is 3.30. The molecule has 2 fully saturated rings. The number of halogens is 3. The molecule has 1 aliphatic carbocycles. The Kier molecular flexibility index (Phi) is 10.4. The molecule has 9 heteroatoms. The van der Waals surface area contributed by atoms with Gasteiger partial charge in [0.1, 0.15) is 5.82 Å². The highest BCUT2D eigenvalue weighted by atomic mass is 35.5. The van der Waals surface area contributed by atoms with Crippen LogP contribution in [0.25, 0.3) is 0 Å². The Morgan fingerprint density at radius 3 is 2.31 bits per heavy atom. The second kappa shape index (κ2) is 13.8. The third kappa shape index (κ3) is 6.38. The Morgan fingerprint density at radius 1 is 0.976 bits per heavy atom. The van der Waals surface area contributed by atoms with Gasteiger partial charge in [0.25, 0.3) is 0 Å². The first-order valence-corrected chi connectivity index (χ1v) is 15.1. The van der Waals surface area contributed by atoms with E-state index in [1.54, 1.807) is 48.5 Å². The van der Waals surface area contributed by atoms with Crippen molar-refractivity contribution in [1.82, 2.24) is 5.32 Å². The number of nitrogens with one attached hydrogen (secondary N) is 3. The third-order valence-electron chi connectivity index (χ3n) is 8.25. The number of rotatable bonds is 7. The van der Waals surface area contributed by atoms with Gasteiger partial charge < -0.3 is 10.6 Å². The normalized spacial score (nSPS) is 20.8. The number of amides is 2. The smallest absolute Gasteiger partial charge is 0.242 e. The van der Waals surface area contributed by atoms with Crippen LogP contribution >= 0.6 is 23.2 Å². The van der Waals surface area contributed by atoms with E-state index >= 15 is 4.39 Å². The van der Waals surface area contributed by atoms with E-state index in [1.165, 1.54) is 13.0 Å². The van der Waals surface area contributed by atoms with Crippen LogP contribution in [0.15, 0.2) is 60.7 Å². The molecule has 3 atom stereocenters. The summed E-state index contributed by atoms with van der Waals surface area (Å²) in [6.45, 7) is 5.48. The molecule has 42 heavy (non-hydrogen) atoms. The van der Waals surface area contributed by atoms with Gasteiger partial charge in [-0.2, -0.15) is 0 Å². The maximum atomic E-state index is 15.8. The van der Waals surface area contributed by atoms with Gasteiger partial charge in [-0.25, -0.2) is 4.39 Å². The molecule has 1 saturated heterocycles. The van der Waals surface area contributed by atoms with E-state index in [0.29, 0.717) is 33.9 Å². The number of anilines is 2. The van der Waals surface area contributed by atoms with Crippen LogP contribution in [0.4, 0.5) is 15.8 Å². The summed E-state index contributed by atoms with van der Waals surface area (Å²) in [6.07, 6.45) is 5.09. The average molecular weight is 613 g/mol. The van der Waals surface area contributed by atoms with Crippen molar-refractivity contribution in [2.24, 2.45) is 0 Å². The van der Waals surface area contributed by atoms with Crippen molar-refractivity contribution in [3.63, 3.8) is 0 Å². The Hall–Kier alpha value is -3.26. The van der Waals surface area contributed by atoms with E-state index in [9.17, 15) is 14.4 Å². The van der Waals surface area contributed by atoms with Crippen LogP contribution in [0.3, 0.4) is 0 Å². The fraction of sp³-hybridized carbons (Fsp3) is 0.364. The molecule has 1 heterocycles. The predicted octanol–water partition coefficient (Wildman–Crippen LogP) is 8.11. The number of carbonyl (C=O) groups is 3. The topological polar surface area (TPSA) is 87.3 Å². The summed E-state index contributed by atoms with van der Waals surface area (Å²) >= 11 is 12.6. The Bertz CT molecular complexity index is 1440. The van der Waals surface area contributed by atoms with Gasteiger partial charge >= 0.3 is 0 Å². The maximum Gasteiger partial charge on any atom is 0.242 e. The van der Waals surface area contributed by atoms with Crippen LogP contribution in [-0.4, -0.2) is 29.7 Å². The molecule has 0 radical (unpaired) electrons. The molecular weight excluding hydrogens is 576 g/mol. The zero-order valence-electron chi connectivity index (χ0n) is 24.0. The number of ketones is 1. The highest BCUT2D eigenvalue weighted by Gasteiger charge is 2.57. The van der Waals surface area contributed by atoms with Crippen molar-refractivity contribution in [2.75, 3.05) is 10.6 Å². The number of Topliss-reactive ketones (excluding diaryl/α,β-unsaturated/α-hetero) is 1. The van der Waals surface area contributed by atoms with Crippen LogP contribution in [0.2, 0.25) is 10.0 Å². The molecule has 2 amide bonds. The molecule has 3 N–H and O–H groups in total. The van der Waals surface area contributed by atoms with E-state index in [0.717, 1.165) is 37.7 Å². The summed E-state index contributed by atoms with van der Waals surface area (Å²) in [5.41, 5.74) is 2.15. The number of carbonyl (C=O) groups excluding carboxylic acids is 3. The molecule has 0 bridgehead atoms. The van der Waals surface area contributed by atoms with Crippen LogP contribution in [0.5, 0.6) is 0 Å². The second-order valence-electron chi connectivity index (χ2n) is 10.6. The van der Waals surface area contributed by atoms with Gasteiger partial charge in [-0.05, 0) is 73.4 Å². The molecule has 222 valence electrons. The van der Waals surface area contributed by atoms with Gasteiger partial charge in [0.2, 0.25) is 12.3 Å². The van der Waals surface area contributed by atoms with Gasteiger partial charge in [0, 0.05) is 39.3 Å². The van der Waals surface area contributed by atoms with E-state index in [1.807, 2.05) is 19.9 Å². The van der Waals surface area contributed by atoms with Gasteiger partial charge in [-0.1, -0.05) is 74.5 Å². The quantitative estimate of drug-likeness (QED) is 0.186. The maximum absolute atomic E-state index is 15.8. The molecule has 1 aliphatic heterocycles. The van der Waals surface area contributed by atoms with Crippen molar-refractivity contribution in [2.45, 2.75) is 76.3 Å². The summed E-state index contributed by atoms with van der Waals surface area (Å²) in [6, 6.07) is 16.0. The third-order valence-corrected chi connectivity index (χ3v) is 8.78. The van der Waals surface area contributed by atoms with Crippen LogP contribution in [-0.2, 0) is 9.59 Å².